The van der Waals surface area contributed by atoms with Crippen molar-refractivity contribution in [1.82, 2.24) is 0 Å². The topological polar surface area (TPSA) is 0 Å². The maximum Gasteiger partial charge on any atom is 0.0317 e. The van der Waals surface area contributed by atoms with Gasteiger partial charge >= 0.3 is 0 Å². The van der Waals surface area contributed by atoms with Crippen LogP contribution >= 0.6 is 27.7 Å². The molecule has 0 heterocycles. The lowest BCUT2D eigenvalue weighted by atomic mass is 10.0. The lowest BCUT2D eigenvalue weighted by Gasteiger charge is -2.12. The maximum absolute atomic E-state index is 3.65. The predicted octanol–water partition coefficient (Wildman–Crippen LogP) is 5.54. The van der Waals surface area contributed by atoms with Crippen molar-refractivity contribution in [2.45, 2.75) is 18.7 Å². The summed E-state index contributed by atoms with van der Waals surface area (Å²) in [5.41, 5.74) is 3.97. The third-order valence-corrected chi connectivity index (χ3v) is 4.63. The van der Waals surface area contributed by atoms with E-state index in [1.54, 1.807) is 0 Å². The number of halogens is 1. The van der Waals surface area contributed by atoms with Gasteiger partial charge in [0.25, 0.3) is 0 Å². The maximum atomic E-state index is 3.65. The van der Waals surface area contributed by atoms with E-state index in [9.17, 15) is 0 Å². The number of hydrogen-bond acceptors (Lipinski definition) is 1. The first-order valence-electron chi connectivity index (χ1n) is 5.71. The van der Waals surface area contributed by atoms with Crippen molar-refractivity contribution in [3.63, 3.8) is 0 Å². The van der Waals surface area contributed by atoms with Crippen molar-refractivity contribution in [2.24, 2.45) is 0 Å². The molecule has 0 aliphatic carbocycles. The molecule has 0 bridgehead atoms. The zero-order chi connectivity index (χ0) is 12.3. The first-order chi connectivity index (χ1) is 8.24. The van der Waals surface area contributed by atoms with Crippen LogP contribution in [0.2, 0.25) is 0 Å². The fraction of sp³-hybridized carbons (Fsp3) is 0.200. The van der Waals surface area contributed by atoms with Gasteiger partial charge in [0, 0.05) is 9.37 Å². The van der Waals surface area contributed by atoms with Gasteiger partial charge in [0.1, 0.15) is 0 Å². The van der Waals surface area contributed by atoms with Gasteiger partial charge in [0.2, 0.25) is 0 Å². The summed E-state index contributed by atoms with van der Waals surface area (Å²) in [7, 11) is 0. The highest BCUT2D eigenvalue weighted by Gasteiger charge is 2.09. The molecule has 0 atom stereocenters. The molecule has 0 nitrogen and oxygen atoms in total. The molecular weight excluding hydrogens is 292 g/mol. The van der Waals surface area contributed by atoms with Crippen molar-refractivity contribution < 1.29 is 0 Å². The molecule has 0 N–H and O–H groups in total. The van der Waals surface area contributed by atoms with Gasteiger partial charge in [0.15, 0.2) is 0 Å². The lowest BCUT2D eigenvalue weighted by molar-refractivity contribution is 1.35. The molecule has 0 amide bonds. The summed E-state index contributed by atoms with van der Waals surface area (Å²) < 4.78 is 1.19. The summed E-state index contributed by atoms with van der Waals surface area (Å²) in [4.78, 5) is 1.34. The number of aryl methyl sites for hydroxylation is 1. The van der Waals surface area contributed by atoms with Gasteiger partial charge in [-0.25, -0.2) is 0 Å². The minimum Gasteiger partial charge on any atom is -0.125 e. The second-order valence-electron chi connectivity index (χ2n) is 3.86. The Labute approximate surface area is 116 Å². The molecule has 0 saturated heterocycles. The normalized spacial score (nSPS) is 10.5. The van der Waals surface area contributed by atoms with E-state index in [1.165, 1.54) is 26.1 Å². The second kappa shape index (κ2) is 5.74. The van der Waals surface area contributed by atoms with E-state index >= 15 is 0 Å². The van der Waals surface area contributed by atoms with E-state index in [2.05, 4.69) is 72.2 Å². The average molecular weight is 307 g/mol. The number of hydrogen-bond donors (Lipinski definition) is 0. The fourth-order valence-electron chi connectivity index (χ4n) is 1.89. The molecule has 0 unspecified atom stereocenters. The molecule has 0 radical (unpaired) electrons. The van der Waals surface area contributed by atoms with Crippen molar-refractivity contribution in [2.75, 3.05) is 5.75 Å². The number of rotatable bonds is 3. The number of benzene rings is 2. The van der Waals surface area contributed by atoms with E-state index in [1.807, 2.05) is 11.8 Å². The van der Waals surface area contributed by atoms with Gasteiger partial charge in [-0.15, -0.1) is 11.8 Å². The van der Waals surface area contributed by atoms with Crippen LogP contribution in [0.1, 0.15) is 12.5 Å². The summed E-state index contributed by atoms with van der Waals surface area (Å²) >= 11 is 5.53. The highest BCUT2D eigenvalue weighted by Crippen LogP contribution is 2.38. The van der Waals surface area contributed by atoms with Crippen LogP contribution in [0.5, 0.6) is 0 Å². The lowest BCUT2D eigenvalue weighted by Crippen LogP contribution is -1.87. The first-order valence-corrected chi connectivity index (χ1v) is 7.49. The molecule has 0 fully saturated rings. The van der Waals surface area contributed by atoms with Gasteiger partial charge in [0.05, 0.1) is 0 Å². The van der Waals surface area contributed by atoms with E-state index in [0.717, 1.165) is 5.75 Å². The van der Waals surface area contributed by atoms with Crippen molar-refractivity contribution in [1.29, 1.82) is 0 Å². The molecule has 2 rings (SSSR count). The Morgan fingerprint density at radius 1 is 1.00 bits per heavy atom. The smallest absolute Gasteiger partial charge is 0.0317 e. The number of thioether (sulfide) groups is 1. The van der Waals surface area contributed by atoms with Crippen LogP contribution in [-0.4, -0.2) is 5.75 Å². The second-order valence-corrected chi connectivity index (χ2v) is 5.99. The first kappa shape index (κ1) is 12.7. The largest absolute Gasteiger partial charge is 0.125 e. The highest BCUT2D eigenvalue weighted by atomic mass is 79.9. The quantitative estimate of drug-likeness (QED) is 0.671. The van der Waals surface area contributed by atoms with Crippen LogP contribution < -0.4 is 0 Å². The summed E-state index contributed by atoms with van der Waals surface area (Å²) in [6.07, 6.45) is 0. The van der Waals surface area contributed by atoms with E-state index in [-0.39, 0.29) is 0 Å². The molecule has 88 valence electrons. The van der Waals surface area contributed by atoms with Gasteiger partial charge in [-0.2, -0.15) is 0 Å². The fourth-order valence-corrected chi connectivity index (χ4v) is 3.42. The zero-order valence-electron chi connectivity index (χ0n) is 10.0. The van der Waals surface area contributed by atoms with E-state index < -0.39 is 0 Å². The van der Waals surface area contributed by atoms with Crippen molar-refractivity contribution >= 4 is 27.7 Å². The SMILES string of the molecule is CCSc1c(Br)cccc1-c1ccccc1C. The molecule has 0 aliphatic heterocycles. The third kappa shape index (κ3) is 2.75. The van der Waals surface area contributed by atoms with Crippen molar-refractivity contribution in [3.05, 3.63) is 52.5 Å². The Bertz CT molecular complexity index is 520. The van der Waals surface area contributed by atoms with Crippen LogP contribution in [-0.2, 0) is 0 Å². The molecule has 2 aromatic rings. The summed E-state index contributed by atoms with van der Waals surface area (Å²) in [6.45, 7) is 4.35. The Balaban J connectivity index is 2.59. The summed E-state index contributed by atoms with van der Waals surface area (Å²) in [6, 6.07) is 15.0. The Morgan fingerprint density at radius 2 is 1.71 bits per heavy atom. The van der Waals surface area contributed by atoms with E-state index in [0.29, 0.717) is 0 Å². The van der Waals surface area contributed by atoms with Gasteiger partial charge in [-0.3, -0.25) is 0 Å². The third-order valence-electron chi connectivity index (χ3n) is 2.69. The van der Waals surface area contributed by atoms with Crippen LogP contribution in [0.15, 0.2) is 51.8 Å². The molecule has 2 aromatic carbocycles. The molecule has 17 heavy (non-hydrogen) atoms. The Kier molecular flexibility index (Phi) is 4.30. The molecule has 0 spiro atoms. The summed E-state index contributed by atoms with van der Waals surface area (Å²) in [5.74, 6) is 1.08. The van der Waals surface area contributed by atoms with Gasteiger partial charge < -0.3 is 0 Å². The van der Waals surface area contributed by atoms with Crippen molar-refractivity contribution in [3.8, 4) is 11.1 Å². The molecule has 0 aliphatic rings. The standard InChI is InChI=1S/C15H15BrS/c1-3-17-15-13(9-6-10-14(15)16)12-8-5-4-7-11(12)2/h4-10H,3H2,1-2H3. The minimum atomic E-state index is 1.08. The van der Waals surface area contributed by atoms with Gasteiger partial charge in [-0.1, -0.05) is 43.3 Å². The minimum absolute atomic E-state index is 1.08. The zero-order valence-corrected chi connectivity index (χ0v) is 12.4. The summed E-state index contributed by atoms with van der Waals surface area (Å²) in [5, 5.41) is 0. The Morgan fingerprint density at radius 3 is 2.41 bits per heavy atom. The molecular formula is C15H15BrS. The van der Waals surface area contributed by atoms with Crippen LogP contribution in [0, 0.1) is 6.92 Å². The molecule has 0 saturated carbocycles. The van der Waals surface area contributed by atoms with Crippen LogP contribution in [0.4, 0.5) is 0 Å². The van der Waals surface area contributed by atoms with Gasteiger partial charge in [-0.05, 0) is 51.4 Å². The monoisotopic (exact) mass is 306 g/mol. The van der Waals surface area contributed by atoms with E-state index in [4.69, 9.17) is 0 Å². The predicted molar refractivity (Wildman–Crippen MR) is 80.7 cm³/mol. The van der Waals surface area contributed by atoms with Crippen LogP contribution in [0.3, 0.4) is 0 Å². The average Bonchev–Trinajstić information content (AvgIpc) is 2.33. The van der Waals surface area contributed by atoms with Crippen LogP contribution in [0.25, 0.3) is 11.1 Å². The Hall–Kier alpha value is -0.730. The molecule has 2 heteroatoms. The highest BCUT2D eigenvalue weighted by molar-refractivity contribution is 9.10. The molecule has 0 aromatic heterocycles.